The Balaban J connectivity index is 1.92. The molecule has 1 aliphatic heterocycles. The van der Waals surface area contributed by atoms with Crippen LogP contribution in [0.25, 0.3) is 0 Å². The summed E-state index contributed by atoms with van der Waals surface area (Å²) in [7, 11) is 1.56. The summed E-state index contributed by atoms with van der Waals surface area (Å²) in [6.45, 7) is 0.419. The zero-order valence-corrected chi connectivity index (χ0v) is 65.3. The molecule has 1 heterocycles. The van der Waals surface area contributed by atoms with Crippen LogP contribution >= 0.6 is 58.8 Å². The molecule has 111 heavy (non-hydrogen) atoms. The maximum Gasteiger partial charge on any atom is 0.305 e. The molecule has 25 N–H and O–H groups in total. The number of carbonyl (C=O) groups excluding carboxylic acids is 16. The molecule has 0 unspecified atom stereocenters. The summed E-state index contributed by atoms with van der Waals surface area (Å²) in [6.07, 6.45) is -1.67. The van der Waals surface area contributed by atoms with Gasteiger partial charge in [-0.05, 0) is 74.8 Å². The third kappa shape index (κ3) is 40.2. The van der Waals surface area contributed by atoms with Gasteiger partial charge in [0, 0.05) is 61.3 Å². The first-order valence-corrected chi connectivity index (χ1v) is 40.4. The lowest BCUT2D eigenvalue weighted by atomic mass is 10.0. The maximum absolute atomic E-state index is 14.6. The van der Waals surface area contributed by atoms with Crippen LogP contribution in [0.3, 0.4) is 0 Å². The molecule has 0 bridgehead atoms. The van der Waals surface area contributed by atoms with Crippen molar-refractivity contribution in [1.82, 2.24) is 85.1 Å². The van der Waals surface area contributed by atoms with Gasteiger partial charge in [0.25, 0.3) is 0 Å². The van der Waals surface area contributed by atoms with E-state index in [0.717, 1.165) is 47.0 Å². The van der Waals surface area contributed by atoms with Gasteiger partial charge >= 0.3 is 11.9 Å². The Morgan fingerprint density at radius 3 is 1.66 bits per heavy atom. The van der Waals surface area contributed by atoms with Crippen molar-refractivity contribution in [2.24, 2.45) is 17.2 Å². The standard InChI is InChI=1S/C66H99N19O21S5/c1-36(86)74-34-110-27-46(57(69)97)79-53(91)26-73-60(100)49(31-111-35-75-37(2)87)82-61(101)41(12-7-8-17-67)80-63(103)43(20-38-10-5-4-6-11-38)81-64(104)44(22-55(93)94)76-51(89)25-72-59(99)48(30-109-33-70-3)84-66(106)50-29-108-32-54(92)78-42(21-39-13-15-40(88)16-14-39)62(102)83-47(28-107-19-9-18-68)58(98)71-24-52(90)77-45(23-56(95)96)65(105)85-50/h4-6,10-11,13-16,41-50,70,88H,7-9,12,17-35,67-68H2,1-3H3,(H2,69,97)(H,71,98)(H,72,99)(H,73,100)(H,74,86)(H,75,87)(H,76,89)(H,77,90)(H,78,92)(H,79,91)(H,80,103)(H,81,104)(H,82,101)(H,83,102)(H,84,106)(H,85,105)(H,93,94)(H,95,96)/t41-,42-,43-,44-,45+,46-,47+,48-,49-,50+/m0/s1. The third-order valence-corrected chi connectivity index (χ3v) is 20.4. The van der Waals surface area contributed by atoms with Crippen LogP contribution in [0, 0.1) is 0 Å². The van der Waals surface area contributed by atoms with Gasteiger partial charge in [-0.15, -0.1) is 47.0 Å². The Morgan fingerprint density at radius 1 is 0.541 bits per heavy atom. The van der Waals surface area contributed by atoms with Gasteiger partial charge in [-0.3, -0.25) is 86.3 Å². The fraction of sp³-hybridized carbons (Fsp3) is 0.545. The van der Waals surface area contributed by atoms with E-state index in [1.54, 1.807) is 37.4 Å². The second-order valence-electron chi connectivity index (χ2n) is 24.5. The fourth-order valence-electron chi connectivity index (χ4n) is 9.66. The average Bonchev–Trinajstić information content (AvgIpc) is 0.862. The van der Waals surface area contributed by atoms with E-state index in [1.165, 1.54) is 49.9 Å². The number of aromatic hydroxyl groups is 1. The smallest absolute Gasteiger partial charge is 0.305 e. The van der Waals surface area contributed by atoms with E-state index in [9.17, 15) is 102 Å². The second-order valence-corrected chi connectivity index (χ2v) is 29.8. The number of amides is 16. The number of carboxylic acid groups (broad SMARTS) is 2. The Hall–Kier alpha value is -9.67. The van der Waals surface area contributed by atoms with Gasteiger partial charge in [-0.25, -0.2) is 0 Å². The number of nitrogens with two attached hydrogens (primary N) is 3. The fourth-order valence-corrected chi connectivity index (χ4v) is 14.1. The van der Waals surface area contributed by atoms with Crippen molar-refractivity contribution >= 4 is 165 Å². The summed E-state index contributed by atoms with van der Waals surface area (Å²) < 4.78 is 0. The highest BCUT2D eigenvalue weighted by Gasteiger charge is 2.36. The van der Waals surface area contributed by atoms with Gasteiger partial charge in [0.05, 0.1) is 50.0 Å². The van der Waals surface area contributed by atoms with Crippen molar-refractivity contribution in [2.45, 2.75) is 126 Å². The van der Waals surface area contributed by atoms with Crippen LogP contribution in [0.1, 0.15) is 63.5 Å². The predicted octanol–water partition coefficient (Wildman–Crippen LogP) is -7.67. The number of phenolic OH excluding ortho intramolecular Hbond substituents is 1. The first-order valence-electron chi connectivity index (χ1n) is 34.6. The molecule has 0 radical (unpaired) electrons. The van der Waals surface area contributed by atoms with E-state index < -0.39 is 205 Å². The van der Waals surface area contributed by atoms with Crippen LogP contribution in [-0.2, 0) is 99.1 Å². The lowest BCUT2D eigenvalue weighted by molar-refractivity contribution is -0.141. The van der Waals surface area contributed by atoms with Crippen molar-refractivity contribution in [3.8, 4) is 5.75 Å². The van der Waals surface area contributed by atoms with Crippen molar-refractivity contribution in [2.75, 3.05) is 97.7 Å². The molecular weight excluding hydrogens is 1560 g/mol. The zero-order chi connectivity index (χ0) is 82.4. The summed E-state index contributed by atoms with van der Waals surface area (Å²) in [5, 5.41) is 69.2. The van der Waals surface area contributed by atoms with E-state index in [1.807, 2.05) is 0 Å². The lowest BCUT2D eigenvalue weighted by Gasteiger charge is -2.27. The molecule has 45 heteroatoms. The Labute approximate surface area is 660 Å². The average molecular weight is 1650 g/mol. The largest absolute Gasteiger partial charge is 0.508 e. The topological polar surface area (TPSA) is 638 Å². The molecule has 1 fully saturated rings. The van der Waals surface area contributed by atoms with Crippen LogP contribution < -0.4 is 102 Å². The zero-order valence-electron chi connectivity index (χ0n) is 61.2. The molecule has 2 aromatic carbocycles. The predicted molar refractivity (Wildman–Crippen MR) is 414 cm³/mol. The van der Waals surface area contributed by atoms with E-state index in [-0.39, 0.29) is 84.5 Å². The molecule has 1 aliphatic rings. The highest BCUT2D eigenvalue weighted by Crippen LogP contribution is 2.16. The molecule has 40 nitrogen and oxygen atoms in total. The molecule has 1 saturated heterocycles. The summed E-state index contributed by atoms with van der Waals surface area (Å²) in [4.78, 5) is 241. The summed E-state index contributed by atoms with van der Waals surface area (Å²) in [6, 6.07) is -2.02. The van der Waals surface area contributed by atoms with E-state index in [4.69, 9.17) is 17.2 Å². The summed E-state index contributed by atoms with van der Waals surface area (Å²) >= 11 is 5.09. The quantitative estimate of drug-likeness (QED) is 0.0216. The summed E-state index contributed by atoms with van der Waals surface area (Å²) in [5.41, 5.74) is 17.8. The van der Waals surface area contributed by atoms with Crippen LogP contribution in [-0.4, -0.2) is 280 Å². The SMILES string of the molecule is CNCSC[C@H](NC(=O)[C@H]1CSCC(=O)N[C@@H](Cc2ccc(O)cc2)C(=O)N[C@H](CSCCCN)C(=O)NCC(=O)N[C@H](CC(=O)O)C(=O)N1)C(=O)NCC(=O)N[C@@H](CC(=O)O)C(=O)N[C@@H](Cc1ccccc1)C(=O)N[C@@H](CCCCN)C(=O)N[C@@H](CSCNC(C)=O)C(=O)NCC(=O)N[C@@H](CSCNC(C)=O)C(N)=O. The number of carbonyl (C=O) groups is 18. The van der Waals surface area contributed by atoms with Crippen molar-refractivity contribution in [3.05, 3.63) is 65.7 Å². The normalized spacial score (nSPS) is 17.2. The first kappa shape index (κ1) is 95.5. The van der Waals surface area contributed by atoms with Crippen LogP contribution in [0.15, 0.2) is 54.6 Å². The van der Waals surface area contributed by atoms with Gasteiger partial charge in [0.1, 0.15) is 66.2 Å². The van der Waals surface area contributed by atoms with Crippen LogP contribution in [0.5, 0.6) is 5.75 Å². The van der Waals surface area contributed by atoms with Crippen LogP contribution in [0.2, 0.25) is 0 Å². The van der Waals surface area contributed by atoms with Gasteiger partial charge < -0.3 is 118 Å². The molecule has 3 rings (SSSR count). The number of primary amides is 1. The number of phenols is 1. The molecule has 0 aliphatic carbocycles. The summed E-state index contributed by atoms with van der Waals surface area (Å²) in [5.74, 6) is -19.1. The number of benzene rings is 2. The monoisotopic (exact) mass is 1650 g/mol. The van der Waals surface area contributed by atoms with Gasteiger partial charge in [-0.1, -0.05) is 42.5 Å². The highest BCUT2D eigenvalue weighted by atomic mass is 32.2. The van der Waals surface area contributed by atoms with Crippen molar-refractivity contribution in [3.63, 3.8) is 0 Å². The molecule has 2 aromatic rings. The van der Waals surface area contributed by atoms with E-state index >= 15 is 0 Å². The minimum Gasteiger partial charge on any atom is -0.508 e. The second kappa shape index (κ2) is 53.3. The number of rotatable bonds is 46. The maximum atomic E-state index is 14.6. The highest BCUT2D eigenvalue weighted by molar-refractivity contribution is 8.00. The van der Waals surface area contributed by atoms with Gasteiger partial charge in [-0.2, -0.15) is 11.8 Å². The molecule has 614 valence electrons. The number of hydrogen-bond acceptors (Lipinski definition) is 27. The Kier molecular flexibility index (Phi) is 45.8. The Morgan fingerprint density at radius 2 is 1.08 bits per heavy atom. The number of carboxylic acids is 2. The Bertz CT molecular complexity index is 3510. The molecule has 0 saturated carbocycles. The van der Waals surface area contributed by atoms with Crippen molar-refractivity contribution in [1.29, 1.82) is 0 Å². The first-order chi connectivity index (χ1) is 52.8. The number of unbranched alkanes of at least 4 members (excludes halogenated alkanes) is 1. The van der Waals surface area contributed by atoms with Crippen LogP contribution in [0.4, 0.5) is 0 Å². The van der Waals surface area contributed by atoms with Gasteiger partial charge in [0.15, 0.2) is 0 Å². The molecular formula is C66H99N19O21S5. The number of aliphatic carboxylic acids is 2. The number of nitrogens with one attached hydrogen (secondary N) is 16. The molecule has 10 atom stereocenters. The molecule has 0 spiro atoms. The van der Waals surface area contributed by atoms with Crippen molar-refractivity contribution < 1.29 is 102 Å². The minimum absolute atomic E-state index is 0.0230. The lowest BCUT2D eigenvalue weighted by Crippen LogP contribution is -2.60. The van der Waals surface area contributed by atoms with E-state index in [0.29, 0.717) is 36.3 Å². The van der Waals surface area contributed by atoms with E-state index in [2.05, 4.69) is 85.1 Å². The third-order valence-electron chi connectivity index (χ3n) is 15.3. The number of hydrogen-bond donors (Lipinski definition) is 22. The number of thioether (sulfide) groups is 5. The molecule has 16 amide bonds. The minimum atomic E-state index is -1.99. The van der Waals surface area contributed by atoms with Gasteiger partial charge in [0.2, 0.25) is 94.5 Å². The molecule has 0 aromatic heterocycles.